The van der Waals surface area contributed by atoms with Crippen molar-refractivity contribution in [2.75, 3.05) is 6.61 Å². The summed E-state index contributed by atoms with van der Waals surface area (Å²) >= 11 is 1.52. The van der Waals surface area contributed by atoms with Crippen molar-refractivity contribution in [3.8, 4) is 0 Å². The molecular formula is C15H14N2OS. The Bertz CT molecular complexity index is 673. The van der Waals surface area contributed by atoms with Gasteiger partial charge in [0.1, 0.15) is 0 Å². The highest BCUT2D eigenvalue weighted by Gasteiger charge is 2.27. The van der Waals surface area contributed by atoms with E-state index in [0.717, 1.165) is 33.6 Å². The second kappa shape index (κ2) is 4.72. The van der Waals surface area contributed by atoms with Gasteiger partial charge in [-0.25, -0.2) is 0 Å². The molecule has 0 atom stereocenters. The first-order chi connectivity index (χ1) is 9.24. The van der Waals surface area contributed by atoms with Crippen molar-refractivity contribution < 1.29 is 5.11 Å². The summed E-state index contributed by atoms with van der Waals surface area (Å²) in [6, 6.07) is 7.76. The fourth-order valence-electron chi connectivity index (χ4n) is 2.54. The van der Waals surface area contributed by atoms with Crippen molar-refractivity contribution in [1.82, 2.24) is 0 Å². The van der Waals surface area contributed by atoms with Crippen LogP contribution in [0.25, 0.3) is 0 Å². The molecule has 0 radical (unpaired) electrons. The van der Waals surface area contributed by atoms with Crippen LogP contribution in [0.2, 0.25) is 0 Å². The Kier molecular flexibility index (Phi) is 3.05. The fourth-order valence-corrected chi connectivity index (χ4v) is 3.40. The Balaban J connectivity index is 2.16. The van der Waals surface area contributed by atoms with Gasteiger partial charge in [0.2, 0.25) is 0 Å². The SMILES string of the molecule is N=C1c2ccsc2C(=N)c2c(CCCO)cccc21. The lowest BCUT2D eigenvalue weighted by Gasteiger charge is -2.21. The molecule has 3 rings (SSSR count). The number of hydrogen-bond acceptors (Lipinski definition) is 4. The molecule has 2 aromatic rings. The summed E-state index contributed by atoms with van der Waals surface area (Å²) in [7, 11) is 0. The average Bonchev–Trinajstić information content (AvgIpc) is 2.92. The molecule has 0 saturated carbocycles. The normalized spacial score (nSPS) is 13.3. The molecule has 0 fully saturated rings. The van der Waals surface area contributed by atoms with Crippen LogP contribution in [0, 0.1) is 10.8 Å². The van der Waals surface area contributed by atoms with E-state index in [0.29, 0.717) is 17.8 Å². The van der Waals surface area contributed by atoms with E-state index in [1.165, 1.54) is 11.3 Å². The molecule has 0 spiro atoms. The Morgan fingerprint density at radius 3 is 2.68 bits per heavy atom. The predicted molar refractivity (Wildman–Crippen MR) is 78.0 cm³/mol. The third kappa shape index (κ3) is 1.84. The summed E-state index contributed by atoms with van der Waals surface area (Å²) in [6.45, 7) is 0.151. The quantitative estimate of drug-likeness (QED) is 0.673. The van der Waals surface area contributed by atoms with Gasteiger partial charge in [0.05, 0.1) is 16.3 Å². The molecule has 19 heavy (non-hydrogen) atoms. The van der Waals surface area contributed by atoms with Crippen LogP contribution in [0.1, 0.15) is 33.6 Å². The zero-order valence-electron chi connectivity index (χ0n) is 10.4. The number of fused-ring (bicyclic) bond motifs is 2. The van der Waals surface area contributed by atoms with Crippen LogP contribution in [0.3, 0.4) is 0 Å². The summed E-state index contributed by atoms with van der Waals surface area (Å²) in [5.74, 6) is 0. The number of benzene rings is 1. The lowest BCUT2D eigenvalue weighted by atomic mass is 9.84. The van der Waals surface area contributed by atoms with Crippen molar-refractivity contribution in [1.29, 1.82) is 10.8 Å². The van der Waals surface area contributed by atoms with E-state index in [9.17, 15) is 0 Å². The van der Waals surface area contributed by atoms with Crippen molar-refractivity contribution in [2.24, 2.45) is 0 Å². The summed E-state index contributed by atoms with van der Waals surface area (Å²) < 4.78 is 0. The maximum atomic E-state index is 8.98. The first-order valence-corrected chi connectivity index (χ1v) is 7.11. The van der Waals surface area contributed by atoms with Crippen LogP contribution in [0.15, 0.2) is 29.6 Å². The van der Waals surface area contributed by atoms with E-state index >= 15 is 0 Å². The number of aryl methyl sites for hydroxylation is 1. The van der Waals surface area contributed by atoms with Crippen LogP contribution >= 0.6 is 11.3 Å². The lowest BCUT2D eigenvalue weighted by Crippen LogP contribution is -2.20. The number of thiophene rings is 1. The van der Waals surface area contributed by atoms with E-state index in [4.69, 9.17) is 15.9 Å². The number of aliphatic hydroxyl groups excluding tert-OH is 1. The van der Waals surface area contributed by atoms with Crippen molar-refractivity contribution >= 4 is 22.8 Å². The van der Waals surface area contributed by atoms with E-state index in [1.54, 1.807) is 0 Å². The molecule has 0 saturated heterocycles. The molecule has 3 N–H and O–H groups in total. The van der Waals surface area contributed by atoms with Gasteiger partial charge in [0, 0.05) is 23.3 Å². The number of aliphatic hydroxyl groups is 1. The average molecular weight is 270 g/mol. The molecular weight excluding hydrogens is 256 g/mol. The number of nitrogens with one attached hydrogen (secondary N) is 2. The third-order valence-corrected chi connectivity index (χ3v) is 4.37. The zero-order valence-corrected chi connectivity index (χ0v) is 11.2. The van der Waals surface area contributed by atoms with Crippen molar-refractivity contribution in [3.05, 3.63) is 56.8 Å². The standard InChI is InChI=1S/C15H14N2OS/c16-13-10-5-1-3-9(4-2-7-18)12(10)14(17)15-11(13)6-8-19-15/h1,3,5-6,8,16-18H,2,4,7H2. The Morgan fingerprint density at radius 1 is 1.05 bits per heavy atom. The second-order valence-electron chi connectivity index (χ2n) is 4.58. The highest BCUT2D eigenvalue weighted by atomic mass is 32.1. The molecule has 1 aromatic carbocycles. The van der Waals surface area contributed by atoms with Gasteiger partial charge >= 0.3 is 0 Å². The highest BCUT2D eigenvalue weighted by Crippen LogP contribution is 2.32. The Labute approximate surface area is 115 Å². The van der Waals surface area contributed by atoms with E-state index in [2.05, 4.69) is 0 Å². The van der Waals surface area contributed by atoms with Gasteiger partial charge in [-0.05, 0) is 29.9 Å². The monoisotopic (exact) mass is 270 g/mol. The maximum absolute atomic E-state index is 8.98. The summed E-state index contributed by atoms with van der Waals surface area (Å²) in [5, 5.41) is 27.6. The van der Waals surface area contributed by atoms with E-state index < -0.39 is 0 Å². The van der Waals surface area contributed by atoms with Crippen LogP contribution in [-0.4, -0.2) is 23.1 Å². The summed E-state index contributed by atoms with van der Waals surface area (Å²) in [5.41, 5.74) is 4.65. The zero-order chi connectivity index (χ0) is 13.4. The van der Waals surface area contributed by atoms with Crippen molar-refractivity contribution in [3.63, 3.8) is 0 Å². The molecule has 1 aliphatic rings. The van der Waals surface area contributed by atoms with Crippen LogP contribution in [0.4, 0.5) is 0 Å². The maximum Gasteiger partial charge on any atom is 0.0800 e. The molecule has 4 heteroatoms. The minimum absolute atomic E-state index is 0.151. The molecule has 0 unspecified atom stereocenters. The van der Waals surface area contributed by atoms with E-state index in [-0.39, 0.29) is 6.61 Å². The van der Waals surface area contributed by atoms with Gasteiger partial charge in [0.15, 0.2) is 0 Å². The first kappa shape index (κ1) is 12.3. The Hall–Kier alpha value is -1.78. The molecule has 0 aliphatic heterocycles. The van der Waals surface area contributed by atoms with Gasteiger partial charge in [-0.1, -0.05) is 18.2 Å². The van der Waals surface area contributed by atoms with Crippen LogP contribution < -0.4 is 0 Å². The van der Waals surface area contributed by atoms with Gasteiger partial charge in [0.25, 0.3) is 0 Å². The van der Waals surface area contributed by atoms with Gasteiger partial charge < -0.3 is 5.11 Å². The second-order valence-corrected chi connectivity index (χ2v) is 5.50. The molecule has 1 heterocycles. The highest BCUT2D eigenvalue weighted by molar-refractivity contribution is 7.13. The predicted octanol–water partition coefficient (Wildman–Crippen LogP) is 2.82. The molecule has 1 aliphatic carbocycles. The van der Waals surface area contributed by atoms with Gasteiger partial charge in [-0.2, -0.15) is 0 Å². The molecule has 3 nitrogen and oxygen atoms in total. The van der Waals surface area contributed by atoms with Crippen LogP contribution in [-0.2, 0) is 6.42 Å². The molecule has 0 amide bonds. The molecule has 96 valence electrons. The number of rotatable bonds is 3. The van der Waals surface area contributed by atoms with Gasteiger partial charge in [-0.15, -0.1) is 11.3 Å². The topological polar surface area (TPSA) is 67.9 Å². The van der Waals surface area contributed by atoms with Crippen molar-refractivity contribution in [2.45, 2.75) is 12.8 Å². The fraction of sp³-hybridized carbons (Fsp3) is 0.200. The third-order valence-electron chi connectivity index (χ3n) is 3.44. The van der Waals surface area contributed by atoms with E-state index in [1.807, 2.05) is 29.6 Å². The Morgan fingerprint density at radius 2 is 1.89 bits per heavy atom. The van der Waals surface area contributed by atoms with Crippen LogP contribution in [0.5, 0.6) is 0 Å². The largest absolute Gasteiger partial charge is 0.396 e. The summed E-state index contributed by atoms with van der Waals surface area (Å²) in [6.07, 6.45) is 1.43. The minimum Gasteiger partial charge on any atom is -0.396 e. The number of hydrogen-bond donors (Lipinski definition) is 3. The molecule has 0 bridgehead atoms. The minimum atomic E-state index is 0.151. The first-order valence-electron chi connectivity index (χ1n) is 6.23. The smallest absolute Gasteiger partial charge is 0.0800 e. The molecule has 1 aromatic heterocycles. The van der Waals surface area contributed by atoms with Gasteiger partial charge in [-0.3, -0.25) is 10.8 Å². The summed E-state index contributed by atoms with van der Waals surface area (Å²) in [4.78, 5) is 0.883. The lowest BCUT2D eigenvalue weighted by molar-refractivity contribution is 0.288.